The van der Waals surface area contributed by atoms with Crippen LogP contribution in [0, 0.1) is 0 Å². The molecule has 3 rings (SSSR count). The Morgan fingerprint density at radius 3 is 2.85 bits per heavy atom. The number of thioether (sulfide) groups is 1. The standard InChI is InChI=1S/C17H15ClN4O2S2/c1-2-8-22-15(24)13(26-17(22)21-16-19-7-9-25-16)10-14(23)20-12-5-3-11(18)4-6-12/h2-7,9,13H,1,8,10H2,(H,20,23)/b21-17+. The number of aromatic nitrogens is 1. The average Bonchev–Trinajstić information content (AvgIpc) is 3.22. The number of carbonyl (C=O) groups excluding carboxylic acids is 2. The van der Waals surface area contributed by atoms with Crippen LogP contribution in [0.25, 0.3) is 0 Å². The molecule has 1 aromatic heterocycles. The van der Waals surface area contributed by atoms with Crippen LogP contribution < -0.4 is 5.32 Å². The number of carbonyl (C=O) groups is 2. The van der Waals surface area contributed by atoms with Crippen molar-refractivity contribution < 1.29 is 9.59 Å². The Morgan fingerprint density at radius 2 is 2.19 bits per heavy atom. The van der Waals surface area contributed by atoms with E-state index in [0.29, 0.717) is 27.6 Å². The predicted molar refractivity (Wildman–Crippen MR) is 107 cm³/mol. The SMILES string of the molecule is C=CCN1C(=O)C(CC(=O)Nc2ccc(Cl)cc2)S/C1=N/c1nccs1. The van der Waals surface area contributed by atoms with Crippen molar-refractivity contribution in [1.29, 1.82) is 0 Å². The monoisotopic (exact) mass is 406 g/mol. The van der Waals surface area contributed by atoms with Crippen molar-refractivity contribution in [1.82, 2.24) is 9.88 Å². The van der Waals surface area contributed by atoms with Crippen LogP contribution in [0.15, 0.2) is 53.5 Å². The molecule has 2 amide bonds. The van der Waals surface area contributed by atoms with Gasteiger partial charge in [0.25, 0.3) is 0 Å². The molecule has 6 nitrogen and oxygen atoms in total. The molecule has 1 unspecified atom stereocenters. The summed E-state index contributed by atoms with van der Waals surface area (Å²) in [6.07, 6.45) is 3.34. The molecular formula is C17H15ClN4O2S2. The van der Waals surface area contributed by atoms with Crippen molar-refractivity contribution in [3.05, 3.63) is 53.5 Å². The minimum Gasteiger partial charge on any atom is -0.326 e. The third-order valence-corrected chi connectivity index (χ3v) is 5.53. The molecule has 0 saturated carbocycles. The molecule has 26 heavy (non-hydrogen) atoms. The Labute approximate surface area is 164 Å². The van der Waals surface area contributed by atoms with Gasteiger partial charge in [-0.15, -0.1) is 17.9 Å². The number of amides is 2. The van der Waals surface area contributed by atoms with Crippen molar-refractivity contribution in [3.8, 4) is 0 Å². The Bertz CT molecular complexity index is 837. The van der Waals surface area contributed by atoms with Gasteiger partial charge in [0.2, 0.25) is 16.9 Å². The molecule has 1 fully saturated rings. The van der Waals surface area contributed by atoms with Gasteiger partial charge in [0.15, 0.2) is 5.17 Å². The lowest BCUT2D eigenvalue weighted by Crippen LogP contribution is -2.33. The number of hydrogen-bond donors (Lipinski definition) is 1. The zero-order valence-corrected chi connectivity index (χ0v) is 16.0. The number of anilines is 1. The number of aliphatic imine (C=N–C) groups is 1. The Hall–Kier alpha value is -2.16. The summed E-state index contributed by atoms with van der Waals surface area (Å²) in [5.74, 6) is -0.399. The van der Waals surface area contributed by atoms with Crippen LogP contribution in [0.1, 0.15) is 6.42 Å². The molecule has 1 aliphatic rings. The third kappa shape index (κ3) is 4.51. The van der Waals surface area contributed by atoms with E-state index in [1.807, 2.05) is 5.38 Å². The summed E-state index contributed by atoms with van der Waals surface area (Å²) >= 11 is 8.49. The molecule has 0 spiro atoms. The van der Waals surface area contributed by atoms with E-state index in [-0.39, 0.29) is 18.2 Å². The predicted octanol–water partition coefficient (Wildman–Crippen LogP) is 3.94. The first kappa shape index (κ1) is 18.6. The molecule has 1 atom stereocenters. The number of hydrogen-bond acceptors (Lipinski definition) is 6. The second-order valence-electron chi connectivity index (χ2n) is 5.31. The van der Waals surface area contributed by atoms with Gasteiger partial charge in [-0.3, -0.25) is 14.5 Å². The van der Waals surface area contributed by atoms with Crippen molar-refractivity contribution in [2.24, 2.45) is 4.99 Å². The highest BCUT2D eigenvalue weighted by Crippen LogP contribution is 2.32. The van der Waals surface area contributed by atoms with Gasteiger partial charge in [-0.1, -0.05) is 29.4 Å². The number of rotatable bonds is 6. The van der Waals surface area contributed by atoms with Crippen molar-refractivity contribution in [2.45, 2.75) is 11.7 Å². The summed E-state index contributed by atoms with van der Waals surface area (Å²) in [4.78, 5) is 35.0. The number of halogens is 1. The normalized spacial score (nSPS) is 18.3. The minimum absolute atomic E-state index is 0.0522. The smallest absolute Gasteiger partial charge is 0.242 e. The summed E-state index contributed by atoms with van der Waals surface area (Å²) in [5, 5.41) is 5.76. The Morgan fingerprint density at radius 1 is 1.42 bits per heavy atom. The molecule has 2 aromatic rings. The lowest BCUT2D eigenvalue weighted by molar-refractivity contribution is -0.127. The van der Waals surface area contributed by atoms with Crippen LogP contribution >= 0.6 is 34.7 Å². The molecule has 0 bridgehead atoms. The van der Waals surface area contributed by atoms with Crippen LogP contribution in [0.4, 0.5) is 10.8 Å². The molecule has 9 heteroatoms. The van der Waals surface area contributed by atoms with E-state index in [2.05, 4.69) is 21.9 Å². The maximum Gasteiger partial charge on any atom is 0.242 e. The number of thiazole rings is 1. The van der Waals surface area contributed by atoms with E-state index in [9.17, 15) is 9.59 Å². The molecule has 0 radical (unpaired) electrons. The van der Waals surface area contributed by atoms with Gasteiger partial charge in [-0.25, -0.2) is 4.98 Å². The first-order chi connectivity index (χ1) is 12.6. The summed E-state index contributed by atoms with van der Waals surface area (Å²) < 4.78 is 0. The Balaban J connectivity index is 1.69. The lowest BCUT2D eigenvalue weighted by atomic mass is 10.2. The second-order valence-corrected chi connectivity index (χ2v) is 7.79. The van der Waals surface area contributed by atoms with Gasteiger partial charge in [0, 0.05) is 35.3 Å². The molecule has 2 heterocycles. The summed E-state index contributed by atoms with van der Waals surface area (Å²) in [6, 6.07) is 6.81. The summed E-state index contributed by atoms with van der Waals surface area (Å²) in [7, 11) is 0. The van der Waals surface area contributed by atoms with Gasteiger partial charge in [0.05, 0.1) is 0 Å². The molecule has 1 aromatic carbocycles. The van der Waals surface area contributed by atoms with Crippen LogP contribution in [-0.4, -0.2) is 38.7 Å². The van der Waals surface area contributed by atoms with E-state index in [1.54, 1.807) is 36.5 Å². The fourth-order valence-electron chi connectivity index (χ4n) is 2.29. The number of benzene rings is 1. The van der Waals surface area contributed by atoms with E-state index in [1.165, 1.54) is 28.0 Å². The molecular weight excluding hydrogens is 392 g/mol. The van der Waals surface area contributed by atoms with E-state index >= 15 is 0 Å². The second kappa shape index (κ2) is 8.48. The summed E-state index contributed by atoms with van der Waals surface area (Å²) in [5.41, 5.74) is 0.634. The zero-order valence-electron chi connectivity index (χ0n) is 13.6. The van der Waals surface area contributed by atoms with Gasteiger partial charge >= 0.3 is 0 Å². The highest BCUT2D eigenvalue weighted by Gasteiger charge is 2.38. The summed E-state index contributed by atoms with van der Waals surface area (Å²) in [6.45, 7) is 4.02. The van der Waals surface area contributed by atoms with Gasteiger partial charge in [0.1, 0.15) is 5.25 Å². The zero-order chi connectivity index (χ0) is 18.5. The maximum absolute atomic E-state index is 12.6. The van der Waals surface area contributed by atoms with Gasteiger partial charge in [-0.05, 0) is 24.3 Å². The van der Waals surface area contributed by atoms with Crippen LogP contribution in [-0.2, 0) is 9.59 Å². The number of nitrogens with one attached hydrogen (secondary N) is 1. The van der Waals surface area contributed by atoms with Crippen LogP contribution in [0.5, 0.6) is 0 Å². The van der Waals surface area contributed by atoms with E-state index in [0.717, 1.165) is 0 Å². The quantitative estimate of drug-likeness (QED) is 0.737. The fourth-order valence-corrected chi connectivity index (χ4v) is 4.13. The number of nitrogens with zero attached hydrogens (tertiary/aromatic N) is 3. The minimum atomic E-state index is -0.527. The van der Waals surface area contributed by atoms with Crippen LogP contribution in [0.3, 0.4) is 0 Å². The highest BCUT2D eigenvalue weighted by atomic mass is 35.5. The molecule has 1 saturated heterocycles. The molecule has 1 aliphatic heterocycles. The average molecular weight is 407 g/mol. The van der Waals surface area contributed by atoms with Crippen molar-refractivity contribution in [2.75, 3.05) is 11.9 Å². The van der Waals surface area contributed by atoms with Crippen molar-refractivity contribution >= 4 is 62.5 Å². The molecule has 0 aliphatic carbocycles. The van der Waals surface area contributed by atoms with E-state index < -0.39 is 5.25 Å². The van der Waals surface area contributed by atoms with Gasteiger partial charge < -0.3 is 5.32 Å². The first-order valence-electron chi connectivity index (χ1n) is 7.69. The third-order valence-electron chi connectivity index (χ3n) is 3.44. The van der Waals surface area contributed by atoms with E-state index in [4.69, 9.17) is 11.6 Å². The number of amidine groups is 1. The molecule has 1 N–H and O–H groups in total. The topological polar surface area (TPSA) is 74.7 Å². The van der Waals surface area contributed by atoms with Gasteiger partial charge in [-0.2, -0.15) is 4.99 Å². The maximum atomic E-state index is 12.6. The lowest BCUT2D eigenvalue weighted by Gasteiger charge is -2.13. The molecule has 134 valence electrons. The first-order valence-corrected chi connectivity index (χ1v) is 9.83. The highest BCUT2D eigenvalue weighted by molar-refractivity contribution is 8.15. The van der Waals surface area contributed by atoms with Crippen molar-refractivity contribution in [3.63, 3.8) is 0 Å². The Kier molecular flexibility index (Phi) is 6.08. The fraction of sp³-hybridized carbons (Fsp3) is 0.176. The largest absolute Gasteiger partial charge is 0.326 e. The van der Waals surface area contributed by atoms with Crippen LogP contribution in [0.2, 0.25) is 5.02 Å².